The van der Waals surface area contributed by atoms with Crippen molar-refractivity contribution in [2.24, 2.45) is 0 Å². The second kappa shape index (κ2) is 6.94. The molecule has 0 amide bonds. The summed E-state index contributed by atoms with van der Waals surface area (Å²) in [5.74, 6) is 0. The summed E-state index contributed by atoms with van der Waals surface area (Å²) in [5.41, 5.74) is 5.55. The zero-order chi connectivity index (χ0) is 13.5. The lowest BCUT2D eigenvalue weighted by Crippen LogP contribution is -1.93. The molecule has 0 aromatic heterocycles. The number of benzene rings is 1. The van der Waals surface area contributed by atoms with E-state index in [-0.39, 0.29) is 0 Å². The third-order valence-electron chi connectivity index (χ3n) is 3.56. The van der Waals surface area contributed by atoms with Gasteiger partial charge in [0.05, 0.1) is 0 Å². The van der Waals surface area contributed by atoms with Gasteiger partial charge in [0.25, 0.3) is 0 Å². The maximum Gasteiger partial charge on any atom is -0.0187 e. The fourth-order valence-electron chi connectivity index (χ4n) is 2.44. The Bertz CT molecular complexity index is 524. The van der Waals surface area contributed by atoms with Crippen LogP contribution in [0.3, 0.4) is 0 Å². The van der Waals surface area contributed by atoms with Crippen LogP contribution >= 0.6 is 0 Å². The van der Waals surface area contributed by atoms with Gasteiger partial charge in [-0.2, -0.15) is 0 Å². The quantitative estimate of drug-likeness (QED) is 0.601. The molecule has 1 aliphatic carbocycles. The summed E-state index contributed by atoms with van der Waals surface area (Å²) < 4.78 is 0. The molecule has 0 bridgehead atoms. The van der Waals surface area contributed by atoms with E-state index in [2.05, 4.69) is 74.6 Å². The largest absolute Gasteiger partial charge is 0.0842 e. The van der Waals surface area contributed by atoms with Crippen molar-refractivity contribution in [3.05, 3.63) is 77.4 Å². The molecule has 19 heavy (non-hydrogen) atoms. The molecule has 0 N–H and O–H groups in total. The SMILES string of the molecule is C/C=C(\C=C(/CC)C1=CC=CCC1)c1ccccc1. The van der Waals surface area contributed by atoms with E-state index in [0.29, 0.717) is 0 Å². The second-order valence-electron chi connectivity index (χ2n) is 4.79. The molecule has 0 atom stereocenters. The van der Waals surface area contributed by atoms with Gasteiger partial charge in [-0.25, -0.2) is 0 Å². The highest BCUT2D eigenvalue weighted by Crippen LogP contribution is 2.26. The van der Waals surface area contributed by atoms with Gasteiger partial charge in [0.15, 0.2) is 0 Å². The van der Waals surface area contributed by atoms with Gasteiger partial charge in [-0.15, -0.1) is 0 Å². The minimum atomic E-state index is 1.09. The summed E-state index contributed by atoms with van der Waals surface area (Å²) in [6.45, 7) is 4.35. The third kappa shape index (κ3) is 3.57. The molecule has 0 saturated heterocycles. The molecule has 0 saturated carbocycles. The zero-order valence-electron chi connectivity index (χ0n) is 11.9. The summed E-state index contributed by atoms with van der Waals surface area (Å²) >= 11 is 0. The predicted molar refractivity (Wildman–Crippen MR) is 84.9 cm³/mol. The van der Waals surface area contributed by atoms with Gasteiger partial charge in [0, 0.05) is 0 Å². The Morgan fingerprint density at radius 1 is 1.21 bits per heavy atom. The zero-order valence-corrected chi connectivity index (χ0v) is 11.9. The summed E-state index contributed by atoms with van der Waals surface area (Å²) in [6.07, 6.45) is 14.7. The smallest absolute Gasteiger partial charge is 0.0187 e. The molecule has 0 radical (unpaired) electrons. The molecule has 1 aromatic carbocycles. The van der Waals surface area contributed by atoms with E-state index in [1.807, 2.05) is 0 Å². The molecule has 0 heteroatoms. The maximum absolute atomic E-state index is 2.35. The van der Waals surface area contributed by atoms with E-state index < -0.39 is 0 Å². The van der Waals surface area contributed by atoms with Crippen LogP contribution in [0.1, 0.15) is 38.7 Å². The average Bonchev–Trinajstić information content (AvgIpc) is 2.50. The van der Waals surface area contributed by atoms with E-state index in [0.717, 1.165) is 6.42 Å². The highest BCUT2D eigenvalue weighted by atomic mass is 14.1. The number of allylic oxidation sites excluding steroid dienone is 8. The lowest BCUT2D eigenvalue weighted by Gasteiger charge is -2.13. The van der Waals surface area contributed by atoms with E-state index in [9.17, 15) is 0 Å². The Balaban J connectivity index is 2.31. The van der Waals surface area contributed by atoms with E-state index in [1.54, 1.807) is 0 Å². The highest BCUT2D eigenvalue weighted by molar-refractivity contribution is 5.75. The van der Waals surface area contributed by atoms with Crippen LogP contribution < -0.4 is 0 Å². The van der Waals surface area contributed by atoms with Crippen LogP contribution in [0, 0.1) is 0 Å². The van der Waals surface area contributed by atoms with Crippen molar-refractivity contribution in [3.8, 4) is 0 Å². The highest BCUT2D eigenvalue weighted by Gasteiger charge is 2.06. The first-order valence-electron chi connectivity index (χ1n) is 7.13. The minimum Gasteiger partial charge on any atom is -0.0842 e. The molecular formula is C19H22. The van der Waals surface area contributed by atoms with Crippen molar-refractivity contribution in [2.75, 3.05) is 0 Å². The standard InChI is InChI=1S/C19H22/c1-3-16(18-11-7-5-8-12-18)15-17(4-2)19-13-9-6-10-14-19/h3,5-9,11-13,15H,4,10,14H2,1-2H3/b16-3+,17-15+. The molecular weight excluding hydrogens is 228 g/mol. The summed E-state index contributed by atoms with van der Waals surface area (Å²) in [7, 11) is 0. The van der Waals surface area contributed by atoms with Crippen molar-refractivity contribution < 1.29 is 0 Å². The molecule has 1 aliphatic rings. The lowest BCUT2D eigenvalue weighted by atomic mass is 9.92. The van der Waals surface area contributed by atoms with Crippen LogP contribution in [0.5, 0.6) is 0 Å². The summed E-state index contributed by atoms with van der Waals surface area (Å²) in [6, 6.07) is 10.6. The Kier molecular flexibility index (Phi) is 4.97. The Morgan fingerprint density at radius 3 is 2.58 bits per heavy atom. The predicted octanol–water partition coefficient (Wildman–Crippen LogP) is 5.70. The molecule has 0 heterocycles. The van der Waals surface area contributed by atoms with Crippen LogP contribution in [-0.2, 0) is 0 Å². The lowest BCUT2D eigenvalue weighted by molar-refractivity contribution is 0.939. The van der Waals surface area contributed by atoms with Gasteiger partial charge in [0.1, 0.15) is 0 Å². The molecule has 0 fully saturated rings. The first-order chi connectivity index (χ1) is 9.35. The van der Waals surface area contributed by atoms with Crippen LogP contribution in [0.25, 0.3) is 5.57 Å². The van der Waals surface area contributed by atoms with Crippen LogP contribution in [0.15, 0.2) is 71.9 Å². The van der Waals surface area contributed by atoms with Crippen LogP contribution in [-0.4, -0.2) is 0 Å². The van der Waals surface area contributed by atoms with Gasteiger partial charge >= 0.3 is 0 Å². The molecule has 2 rings (SSSR count). The first-order valence-corrected chi connectivity index (χ1v) is 7.13. The van der Waals surface area contributed by atoms with Gasteiger partial charge in [-0.05, 0) is 48.5 Å². The fraction of sp³-hybridized carbons (Fsp3) is 0.263. The molecule has 1 aromatic rings. The fourth-order valence-corrected chi connectivity index (χ4v) is 2.44. The van der Waals surface area contributed by atoms with Crippen molar-refractivity contribution in [2.45, 2.75) is 33.1 Å². The Labute approximate surface area is 116 Å². The van der Waals surface area contributed by atoms with E-state index in [1.165, 1.54) is 35.1 Å². The van der Waals surface area contributed by atoms with Gasteiger partial charge in [-0.1, -0.05) is 67.6 Å². The third-order valence-corrected chi connectivity index (χ3v) is 3.56. The minimum absolute atomic E-state index is 1.09. The van der Waals surface area contributed by atoms with Crippen LogP contribution in [0.2, 0.25) is 0 Å². The first kappa shape index (κ1) is 13.6. The molecule has 0 nitrogen and oxygen atoms in total. The van der Waals surface area contributed by atoms with Crippen molar-refractivity contribution >= 4 is 5.57 Å². The van der Waals surface area contributed by atoms with E-state index >= 15 is 0 Å². The van der Waals surface area contributed by atoms with Gasteiger partial charge in [0.2, 0.25) is 0 Å². The molecule has 98 valence electrons. The molecule has 0 unspecified atom stereocenters. The van der Waals surface area contributed by atoms with Gasteiger partial charge < -0.3 is 0 Å². The number of hydrogen-bond acceptors (Lipinski definition) is 0. The number of rotatable bonds is 4. The maximum atomic E-state index is 2.35. The average molecular weight is 250 g/mol. The van der Waals surface area contributed by atoms with Gasteiger partial charge in [-0.3, -0.25) is 0 Å². The Hall–Kier alpha value is -1.82. The van der Waals surface area contributed by atoms with E-state index in [4.69, 9.17) is 0 Å². The Morgan fingerprint density at radius 2 is 2.00 bits per heavy atom. The van der Waals surface area contributed by atoms with Crippen molar-refractivity contribution in [1.82, 2.24) is 0 Å². The van der Waals surface area contributed by atoms with Crippen molar-refractivity contribution in [3.63, 3.8) is 0 Å². The topological polar surface area (TPSA) is 0 Å². The normalized spacial score (nSPS) is 16.4. The number of hydrogen-bond donors (Lipinski definition) is 0. The van der Waals surface area contributed by atoms with Crippen LogP contribution in [0.4, 0.5) is 0 Å². The monoisotopic (exact) mass is 250 g/mol. The second-order valence-corrected chi connectivity index (χ2v) is 4.79. The summed E-state index contributed by atoms with van der Waals surface area (Å²) in [4.78, 5) is 0. The molecule has 0 aliphatic heterocycles. The molecule has 0 spiro atoms. The van der Waals surface area contributed by atoms with Crippen molar-refractivity contribution in [1.29, 1.82) is 0 Å². The summed E-state index contributed by atoms with van der Waals surface area (Å²) in [5, 5.41) is 0.